The van der Waals surface area contributed by atoms with E-state index in [1.165, 1.54) is 77.5 Å². The molecule has 6 nitrogen and oxygen atoms in total. The summed E-state index contributed by atoms with van der Waals surface area (Å²) < 4.78 is 0. The fourth-order valence-corrected chi connectivity index (χ4v) is 20.3. The third kappa shape index (κ3) is 17.1. The summed E-state index contributed by atoms with van der Waals surface area (Å²) in [5.74, 6) is 5.98. The van der Waals surface area contributed by atoms with Crippen molar-refractivity contribution in [2.75, 3.05) is 26.2 Å². The van der Waals surface area contributed by atoms with Crippen LogP contribution >= 0.6 is 0 Å². The summed E-state index contributed by atoms with van der Waals surface area (Å²) in [7, 11) is 0. The molecule has 6 aliphatic carbocycles. The van der Waals surface area contributed by atoms with Gasteiger partial charge in [0.2, 0.25) is 0 Å². The van der Waals surface area contributed by atoms with Gasteiger partial charge in [-0.25, -0.2) is 0 Å². The Bertz CT molecular complexity index is 2120. The molecule has 6 aliphatic heterocycles. The van der Waals surface area contributed by atoms with Crippen LogP contribution in [0.25, 0.3) is 0 Å². The molecule has 6 heteroatoms. The summed E-state index contributed by atoms with van der Waals surface area (Å²) in [6, 6.07) is 6.51. The van der Waals surface area contributed by atoms with Gasteiger partial charge >= 0.3 is 0 Å². The molecular weight excluding hydrogens is 1070 g/mol. The summed E-state index contributed by atoms with van der Waals surface area (Å²) in [4.78, 5) is 16.5. The molecule has 0 radical (unpaired) electrons. The van der Waals surface area contributed by atoms with Gasteiger partial charge in [-0.2, -0.15) is 0 Å². The lowest BCUT2D eigenvalue weighted by Gasteiger charge is -2.45. The maximum atomic E-state index is 2.80. The summed E-state index contributed by atoms with van der Waals surface area (Å²) in [6.45, 7) is 96.0. The van der Waals surface area contributed by atoms with Crippen molar-refractivity contribution < 1.29 is 0 Å². The highest BCUT2D eigenvalue weighted by Crippen LogP contribution is 2.67. The third-order valence-electron chi connectivity index (χ3n) is 24.7. The van der Waals surface area contributed by atoms with E-state index in [1.54, 1.807) is 0 Å². The summed E-state index contributed by atoms with van der Waals surface area (Å²) in [5, 5.41) is 0. The molecule has 0 aromatic rings. The lowest BCUT2D eigenvalue weighted by Crippen LogP contribution is -2.51. The van der Waals surface area contributed by atoms with Crippen LogP contribution in [-0.2, 0) is 0 Å². The van der Waals surface area contributed by atoms with Crippen LogP contribution in [0.2, 0.25) is 0 Å². The van der Waals surface area contributed by atoms with Crippen LogP contribution < -0.4 is 0 Å². The van der Waals surface area contributed by atoms with Crippen LogP contribution in [0, 0.1) is 84.2 Å². The number of hydrogen-bond donors (Lipinski definition) is 0. The van der Waals surface area contributed by atoms with E-state index in [4.69, 9.17) is 0 Å². The lowest BCUT2D eigenvalue weighted by atomic mass is 9.81. The first kappa shape index (κ1) is 80.2. The third-order valence-corrected chi connectivity index (χ3v) is 24.7. The zero-order valence-electron chi connectivity index (χ0n) is 64.8. The van der Waals surface area contributed by atoms with Crippen molar-refractivity contribution in [1.29, 1.82) is 0 Å². The average molecular weight is 1230 g/mol. The largest absolute Gasteiger partial charge is 0.294 e. The highest BCUT2D eigenvalue weighted by Gasteiger charge is 2.68. The Kier molecular flexibility index (Phi) is 22.2. The number of likely N-dealkylation sites (tertiary alicyclic amines) is 6. The van der Waals surface area contributed by atoms with E-state index in [0.717, 1.165) is 83.8 Å². The van der Waals surface area contributed by atoms with E-state index in [0.29, 0.717) is 82.0 Å². The lowest BCUT2D eigenvalue weighted by molar-refractivity contribution is 0.0354. The fourth-order valence-electron chi connectivity index (χ4n) is 20.3. The van der Waals surface area contributed by atoms with Crippen molar-refractivity contribution in [3.63, 3.8) is 0 Å². The topological polar surface area (TPSA) is 19.4 Å². The molecule has 11 unspecified atom stereocenters. The molecular formula is C82H164N6. The van der Waals surface area contributed by atoms with E-state index < -0.39 is 0 Å². The second kappa shape index (κ2) is 24.4. The van der Waals surface area contributed by atoms with Crippen LogP contribution in [0.5, 0.6) is 0 Å². The molecule has 0 aromatic heterocycles. The van der Waals surface area contributed by atoms with Crippen LogP contribution in [0.3, 0.4) is 0 Å². The minimum atomic E-state index is 0. The maximum Gasteiger partial charge on any atom is 0.0183 e. The van der Waals surface area contributed by atoms with Gasteiger partial charge in [-0.05, 0) is 267 Å². The van der Waals surface area contributed by atoms with Gasteiger partial charge in [-0.1, -0.05) is 154 Å². The fraction of sp³-hybridized carbons (Fsp3) is 1.00. The van der Waals surface area contributed by atoms with Gasteiger partial charge < -0.3 is 0 Å². The number of nitrogens with zero attached hydrogens (tertiary/aromatic N) is 6. The van der Waals surface area contributed by atoms with Crippen molar-refractivity contribution in [3.8, 4) is 0 Å². The molecule has 12 rings (SSSR count). The van der Waals surface area contributed by atoms with Crippen molar-refractivity contribution in [3.05, 3.63) is 0 Å². The van der Waals surface area contributed by atoms with Crippen molar-refractivity contribution in [2.45, 2.75) is 418 Å². The van der Waals surface area contributed by atoms with Gasteiger partial charge in [0.15, 0.2) is 0 Å². The Morgan fingerprint density at radius 3 is 0.773 bits per heavy atom. The van der Waals surface area contributed by atoms with Crippen LogP contribution in [0.1, 0.15) is 337 Å². The molecule has 6 saturated heterocycles. The van der Waals surface area contributed by atoms with Gasteiger partial charge in [0, 0.05) is 108 Å². The Morgan fingerprint density at radius 2 is 0.580 bits per heavy atom. The molecule has 6 saturated carbocycles. The zero-order valence-corrected chi connectivity index (χ0v) is 64.8. The highest BCUT2D eigenvalue weighted by molar-refractivity contribution is 5.21. The Hall–Kier alpha value is -0.240. The van der Waals surface area contributed by atoms with Gasteiger partial charge in [-0.15, -0.1) is 0 Å². The second-order valence-electron chi connectivity index (χ2n) is 44.8. The van der Waals surface area contributed by atoms with Gasteiger partial charge in [0.05, 0.1) is 0 Å². The van der Waals surface area contributed by atoms with Gasteiger partial charge in [0.25, 0.3) is 0 Å². The van der Waals surface area contributed by atoms with Crippen molar-refractivity contribution in [1.82, 2.24) is 29.4 Å². The molecule has 18 atom stereocenters. The maximum absolute atomic E-state index is 2.80. The first-order valence-electron chi connectivity index (χ1n) is 36.1. The van der Waals surface area contributed by atoms with E-state index in [1.807, 2.05) is 0 Å². The Morgan fingerprint density at radius 1 is 0.295 bits per heavy atom. The van der Waals surface area contributed by atoms with Gasteiger partial charge in [0.1, 0.15) is 0 Å². The number of piperidine rings is 6. The number of hydrogen-bond acceptors (Lipinski definition) is 6. The smallest absolute Gasteiger partial charge is 0.0183 e. The Labute approximate surface area is 555 Å². The molecule has 0 aromatic carbocycles. The highest BCUT2D eigenvalue weighted by atomic mass is 15.3. The molecule has 6 heterocycles. The summed E-state index contributed by atoms with van der Waals surface area (Å²) in [5.41, 5.74) is 6.84. The first-order chi connectivity index (χ1) is 37.4. The minimum Gasteiger partial charge on any atom is -0.294 e. The van der Waals surface area contributed by atoms with Crippen LogP contribution in [0.15, 0.2) is 0 Å². The van der Waals surface area contributed by atoms with Crippen molar-refractivity contribution >= 4 is 0 Å². The zero-order chi connectivity index (χ0) is 65.5. The van der Waals surface area contributed by atoms with Crippen molar-refractivity contribution in [2.24, 2.45) is 84.2 Å². The van der Waals surface area contributed by atoms with E-state index in [9.17, 15) is 0 Å². The van der Waals surface area contributed by atoms with E-state index in [-0.39, 0.29) is 22.3 Å². The van der Waals surface area contributed by atoms with Crippen LogP contribution in [0.4, 0.5) is 0 Å². The monoisotopic (exact) mass is 1230 g/mol. The normalized spacial score (nSPS) is 40.2. The predicted octanol–water partition coefficient (Wildman–Crippen LogP) is 21.6. The molecule has 0 amide bonds. The molecule has 12 aliphatic rings. The van der Waals surface area contributed by atoms with Gasteiger partial charge in [-0.3, -0.25) is 29.4 Å². The van der Waals surface area contributed by atoms with E-state index >= 15 is 0 Å². The van der Waals surface area contributed by atoms with E-state index in [2.05, 4.69) is 293 Å². The molecule has 522 valence electrons. The number of rotatable bonds is 0. The predicted molar refractivity (Wildman–Crippen MR) is 393 cm³/mol. The standard InChI is InChI=1S/3C14H27N.2C13H25N.C11H21N.3CH4/c2*1-12(2,3)11-10-8-14(10,7)9-15(11)13(4,5)6;1-12(2,3)10-8-14(7)9-11(14)15(10)13(4,5)6;2*1-12(2,3)11-10-7-9(10)8-14(11)13(4,5)6;1-8-6-11(5)7-9(11)12(8)10(2,3)4;;;/h3*10-11H,8-9H2,1-7H3;2*9-11H,7-8H2,1-6H3;8-9H,6-7H2,1-5H3;3*1H4/t10-,11?,14+;;;9-,10-,11?;;8-,9-,11+;;;/m0..1.1.../s1. The molecule has 0 spiro atoms. The minimum absolute atomic E-state index is 0. The first-order valence-corrected chi connectivity index (χ1v) is 36.1. The summed E-state index contributed by atoms with van der Waals surface area (Å²) >= 11 is 0. The summed E-state index contributed by atoms with van der Waals surface area (Å²) in [6.07, 6.45) is 11.6. The quantitative estimate of drug-likeness (QED) is 0.239. The average Bonchev–Trinajstić information content (AvgIpc) is 1.58. The number of fused-ring (bicyclic) bond motifs is 6. The molecule has 0 N–H and O–H groups in total. The Balaban J connectivity index is 0.000000225. The van der Waals surface area contributed by atoms with Crippen LogP contribution in [-0.4, -0.2) is 137 Å². The molecule has 88 heavy (non-hydrogen) atoms. The second-order valence-corrected chi connectivity index (χ2v) is 44.8. The SMILES string of the molecule is C.C.C.CC(C)(C)C1C2CC2(C)CN1C(C)(C)C.CC(C)(C)C1C2CC2CN1C(C)(C)C.CC(C)(C)C1CC2(C)CC2N1C(C)(C)C.CC(C)(C)C1[C@@H]2C[C@@H]2CN1C(C)(C)C.CC(C)(C)C1[C@@H]2C[C@]2(C)CN1C(C)(C)C.C[C@@H]1C[C@@]2(C)C[C@H]2N1C(C)(C)C. The molecule has 0 bridgehead atoms. The molecule has 12 fully saturated rings.